The zero-order valence-corrected chi connectivity index (χ0v) is 13.0. The summed E-state index contributed by atoms with van der Waals surface area (Å²) in [7, 11) is 2.01. The van der Waals surface area contributed by atoms with Gasteiger partial charge in [-0.05, 0) is 38.8 Å². The highest BCUT2D eigenvalue weighted by Crippen LogP contribution is 2.19. The van der Waals surface area contributed by atoms with Gasteiger partial charge in [-0.25, -0.2) is 9.97 Å². The molecule has 3 rings (SSSR count). The Bertz CT molecular complexity index is 591. The van der Waals surface area contributed by atoms with E-state index >= 15 is 0 Å². The Hall–Kier alpha value is -1.62. The van der Waals surface area contributed by atoms with Crippen molar-refractivity contribution in [3.05, 3.63) is 18.6 Å². The first kappa shape index (κ1) is 14.3. The summed E-state index contributed by atoms with van der Waals surface area (Å²) in [6.07, 6.45) is 8.93. The number of nitrogens with one attached hydrogen (secondary N) is 1. The van der Waals surface area contributed by atoms with Crippen LogP contribution in [0.15, 0.2) is 18.6 Å². The number of hydrogen-bond acceptors (Lipinski definition) is 4. The molecule has 5 nitrogen and oxygen atoms in total. The van der Waals surface area contributed by atoms with Gasteiger partial charge >= 0.3 is 0 Å². The van der Waals surface area contributed by atoms with Gasteiger partial charge < -0.3 is 14.8 Å². The van der Waals surface area contributed by atoms with E-state index in [-0.39, 0.29) is 0 Å². The maximum Gasteiger partial charge on any atom is 0.154 e. The van der Waals surface area contributed by atoms with Gasteiger partial charge in [0.15, 0.2) is 5.82 Å². The molecule has 5 heteroatoms. The van der Waals surface area contributed by atoms with Gasteiger partial charge in [-0.2, -0.15) is 0 Å². The second-order valence-corrected chi connectivity index (χ2v) is 6.04. The molecule has 0 aromatic carbocycles. The predicted octanol–water partition coefficient (Wildman–Crippen LogP) is 2.64. The third-order valence-electron chi connectivity index (χ3n) is 4.50. The fraction of sp³-hybridized carbons (Fsp3) is 0.625. The van der Waals surface area contributed by atoms with E-state index in [9.17, 15) is 0 Å². The van der Waals surface area contributed by atoms with Crippen LogP contribution in [0.4, 0.5) is 5.82 Å². The summed E-state index contributed by atoms with van der Waals surface area (Å²) in [5.74, 6) is 0.903. The highest BCUT2D eigenvalue weighted by Gasteiger charge is 2.17. The molecule has 2 aromatic rings. The van der Waals surface area contributed by atoms with Gasteiger partial charge in [0.05, 0.1) is 11.8 Å². The number of aryl methyl sites for hydroxylation is 1. The second kappa shape index (κ2) is 6.43. The maximum absolute atomic E-state index is 4.43. The second-order valence-electron chi connectivity index (χ2n) is 6.04. The van der Waals surface area contributed by atoms with Gasteiger partial charge in [-0.15, -0.1) is 0 Å². The summed E-state index contributed by atoms with van der Waals surface area (Å²) in [4.78, 5) is 11.5. The van der Waals surface area contributed by atoms with Crippen molar-refractivity contribution in [3.8, 4) is 0 Å². The lowest BCUT2D eigenvalue weighted by molar-refractivity contribution is 0.160. The largest absolute Gasteiger partial charge is 0.368 e. The van der Waals surface area contributed by atoms with Crippen LogP contribution in [0.5, 0.6) is 0 Å². The number of rotatable bonds is 5. The first-order valence-electron chi connectivity index (χ1n) is 7.99. The van der Waals surface area contributed by atoms with Gasteiger partial charge in [0, 0.05) is 32.4 Å². The molecule has 0 bridgehead atoms. The third-order valence-corrected chi connectivity index (χ3v) is 4.50. The molecule has 0 aliphatic carbocycles. The fourth-order valence-corrected chi connectivity index (χ4v) is 3.17. The molecule has 1 aliphatic heterocycles. The Morgan fingerprint density at radius 3 is 3.10 bits per heavy atom. The Labute approximate surface area is 126 Å². The summed E-state index contributed by atoms with van der Waals surface area (Å²) in [6.45, 7) is 5.73. The van der Waals surface area contributed by atoms with Gasteiger partial charge in [-0.3, -0.25) is 0 Å². The van der Waals surface area contributed by atoms with Crippen molar-refractivity contribution in [2.75, 3.05) is 25.0 Å². The monoisotopic (exact) mass is 287 g/mol. The molecule has 1 unspecified atom stereocenters. The highest BCUT2D eigenvalue weighted by molar-refractivity contribution is 5.85. The van der Waals surface area contributed by atoms with Crippen LogP contribution in [0.3, 0.4) is 0 Å². The van der Waals surface area contributed by atoms with Gasteiger partial charge in [0.2, 0.25) is 0 Å². The van der Waals surface area contributed by atoms with Crippen LogP contribution in [0.2, 0.25) is 0 Å². The molecule has 1 atom stereocenters. The van der Waals surface area contributed by atoms with Crippen molar-refractivity contribution in [3.63, 3.8) is 0 Å². The van der Waals surface area contributed by atoms with Gasteiger partial charge in [-0.1, -0.05) is 6.42 Å². The molecule has 3 heterocycles. The summed E-state index contributed by atoms with van der Waals surface area (Å²) in [6, 6.07) is 2.75. The zero-order valence-electron chi connectivity index (χ0n) is 13.0. The maximum atomic E-state index is 4.43. The van der Waals surface area contributed by atoms with Crippen LogP contribution in [0.25, 0.3) is 11.0 Å². The number of imidazole rings is 1. The van der Waals surface area contributed by atoms with Crippen molar-refractivity contribution >= 4 is 16.9 Å². The van der Waals surface area contributed by atoms with Gasteiger partial charge in [0.1, 0.15) is 5.52 Å². The smallest absolute Gasteiger partial charge is 0.154 e. The zero-order chi connectivity index (χ0) is 14.7. The molecule has 0 amide bonds. The minimum atomic E-state index is 0.746. The van der Waals surface area contributed by atoms with Crippen LogP contribution in [-0.4, -0.2) is 45.1 Å². The fourth-order valence-electron chi connectivity index (χ4n) is 3.17. The van der Waals surface area contributed by atoms with Gasteiger partial charge in [0.25, 0.3) is 0 Å². The number of piperidine rings is 1. The average molecular weight is 287 g/mol. The number of nitrogens with zero attached hydrogens (tertiary/aromatic N) is 4. The van der Waals surface area contributed by atoms with Crippen molar-refractivity contribution in [1.29, 1.82) is 0 Å². The van der Waals surface area contributed by atoms with Crippen LogP contribution >= 0.6 is 0 Å². The minimum Gasteiger partial charge on any atom is -0.368 e. The van der Waals surface area contributed by atoms with E-state index in [2.05, 4.69) is 27.1 Å². The first-order chi connectivity index (χ1) is 10.3. The molecule has 1 fully saturated rings. The number of likely N-dealkylation sites (tertiary alicyclic amines) is 1. The number of pyridine rings is 1. The number of aromatic nitrogens is 3. The van der Waals surface area contributed by atoms with Crippen LogP contribution < -0.4 is 5.32 Å². The molecular formula is C16H25N5. The van der Waals surface area contributed by atoms with Crippen molar-refractivity contribution in [2.45, 2.75) is 38.6 Å². The van der Waals surface area contributed by atoms with Crippen LogP contribution in [0, 0.1) is 0 Å². The van der Waals surface area contributed by atoms with Crippen molar-refractivity contribution in [1.82, 2.24) is 19.4 Å². The summed E-state index contributed by atoms with van der Waals surface area (Å²) in [5.41, 5.74) is 2.09. The minimum absolute atomic E-state index is 0.746. The molecule has 1 N–H and O–H groups in total. The lowest BCUT2D eigenvalue weighted by Crippen LogP contribution is -2.38. The molecule has 0 spiro atoms. The van der Waals surface area contributed by atoms with Crippen molar-refractivity contribution < 1.29 is 0 Å². The SMILES string of the molecule is CC1CCCCN1CCCNc1nccc2c1ncn2C. The summed E-state index contributed by atoms with van der Waals surface area (Å²) in [5, 5.41) is 3.44. The third kappa shape index (κ3) is 3.18. The molecule has 21 heavy (non-hydrogen) atoms. The molecule has 0 saturated carbocycles. The quantitative estimate of drug-likeness (QED) is 0.859. The normalized spacial score (nSPS) is 20.0. The van der Waals surface area contributed by atoms with E-state index < -0.39 is 0 Å². The van der Waals surface area contributed by atoms with Crippen LogP contribution in [0.1, 0.15) is 32.6 Å². The van der Waals surface area contributed by atoms with E-state index in [0.717, 1.165) is 35.9 Å². The topological polar surface area (TPSA) is 46.0 Å². The Balaban J connectivity index is 1.52. The standard InChI is InChI=1S/C16H25N5/c1-13-6-3-4-10-21(13)11-5-8-17-16-15-14(7-9-18-16)20(2)12-19-15/h7,9,12-13H,3-6,8,10-11H2,1-2H3,(H,17,18). The van der Waals surface area contributed by atoms with Crippen LogP contribution in [-0.2, 0) is 7.05 Å². The number of anilines is 1. The average Bonchev–Trinajstić information content (AvgIpc) is 2.88. The van der Waals surface area contributed by atoms with E-state index in [4.69, 9.17) is 0 Å². The Morgan fingerprint density at radius 2 is 2.24 bits per heavy atom. The predicted molar refractivity (Wildman–Crippen MR) is 86.5 cm³/mol. The highest BCUT2D eigenvalue weighted by atomic mass is 15.2. The van der Waals surface area contributed by atoms with E-state index in [0.29, 0.717) is 0 Å². The molecule has 1 saturated heterocycles. The molecule has 114 valence electrons. The molecule has 0 radical (unpaired) electrons. The van der Waals surface area contributed by atoms with E-state index in [1.54, 1.807) is 0 Å². The van der Waals surface area contributed by atoms with Crippen molar-refractivity contribution in [2.24, 2.45) is 7.05 Å². The molecule has 2 aromatic heterocycles. The summed E-state index contributed by atoms with van der Waals surface area (Å²) >= 11 is 0. The Kier molecular flexibility index (Phi) is 4.39. The Morgan fingerprint density at radius 1 is 1.33 bits per heavy atom. The molecule has 1 aliphatic rings. The summed E-state index contributed by atoms with van der Waals surface area (Å²) < 4.78 is 2.03. The lowest BCUT2D eigenvalue weighted by Gasteiger charge is -2.33. The number of fused-ring (bicyclic) bond motifs is 1. The first-order valence-corrected chi connectivity index (χ1v) is 7.99. The number of hydrogen-bond donors (Lipinski definition) is 1. The lowest BCUT2D eigenvalue weighted by atomic mass is 10.0. The van der Waals surface area contributed by atoms with E-state index in [1.807, 2.05) is 30.2 Å². The van der Waals surface area contributed by atoms with E-state index in [1.165, 1.54) is 32.4 Å². The molecular weight excluding hydrogens is 262 g/mol.